The number of hydrogen-bond donors (Lipinski definition) is 0. The monoisotopic (exact) mass is 969 g/mol. The van der Waals surface area contributed by atoms with E-state index in [4.69, 9.17) is 0 Å². The minimum atomic E-state index is -0.143. The zero-order valence-electron chi connectivity index (χ0n) is 43.4. The van der Waals surface area contributed by atoms with Crippen LogP contribution in [0, 0.1) is 0 Å². The normalized spacial score (nSPS) is 14.7. The van der Waals surface area contributed by atoms with Gasteiger partial charge in [0.05, 0.1) is 0 Å². The average molecular weight is 969 g/mol. The SMILES string of the molecule is C=Cc1ccc(CCCc2ccc(N3C4=CC=C(c5ccc(N(c6ccc(-c7ccccc7)cc6)c6ccc7c(c6)C(C)(C)c6ccc(CCCc8ccc(C=C)cc8)cc6-7)cc5)CC4c4ccccc43)cc2)cc1. The number of rotatable bonds is 16. The maximum Gasteiger partial charge on any atom is 0.0497 e. The number of para-hydroxylation sites is 1. The van der Waals surface area contributed by atoms with Crippen LogP contribution in [0.15, 0.2) is 243 Å². The smallest absolute Gasteiger partial charge is 0.0497 e. The summed E-state index contributed by atoms with van der Waals surface area (Å²) in [7, 11) is 0. The molecule has 1 heterocycles. The third kappa shape index (κ3) is 9.43. The molecule has 0 aromatic heterocycles. The molecule has 3 aliphatic rings. The molecule has 0 spiro atoms. The van der Waals surface area contributed by atoms with Gasteiger partial charge in [0.15, 0.2) is 0 Å². The van der Waals surface area contributed by atoms with Crippen molar-refractivity contribution in [1.29, 1.82) is 0 Å². The highest BCUT2D eigenvalue weighted by Gasteiger charge is 2.38. The minimum absolute atomic E-state index is 0.143. The van der Waals surface area contributed by atoms with Gasteiger partial charge in [-0.05, 0) is 189 Å². The van der Waals surface area contributed by atoms with E-state index in [0.29, 0.717) is 0 Å². The standard InChI is InChI=1S/C73H64N2/c1-5-51-22-26-53(27-23-51)14-12-15-55-30-38-63(39-31-55)75-71-21-11-10-20-66(71)68-49-60(37-47-72(68)75)59-35-42-62(43-36-59)74(61-40-33-58(34-41-61)57-18-8-7-9-19-57)64-44-45-65-67-48-56(32-46-69(67)73(3,4)70(65)50-64)17-13-16-54-28-24-52(6-2)25-29-54/h5-11,18-48,50,68H,1-2,12-17,49H2,3-4H3. The summed E-state index contributed by atoms with van der Waals surface area (Å²) >= 11 is 0. The predicted molar refractivity (Wildman–Crippen MR) is 320 cm³/mol. The van der Waals surface area contributed by atoms with Crippen molar-refractivity contribution in [3.8, 4) is 22.3 Å². The highest BCUT2D eigenvalue weighted by molar-refractivity contribution is 5.87. The van der Waals surface area contributed by atoms with Crippen LogP contribution in [0.25, 0.3) is 40.0 Å². The van der Waals surface area contributed by atoms with E-state index in [1.54, 1.807) is 0 Å². The van der Waals surface area contributed by atoms with Crippen molar-refractivity contribution in [2.75, 3.05) is 9.80 Å². The van der Waals surface area contributed by atoms with E-state index in [1.807, 2.05) is 12.2 Å². The Morgan fingerprint density at radius 3 is 1.64 bits per heavy atom. The molecule has 1 atom stereocenters. The van der Waals surface area contributed by atoms with Crippen molar-refractivity contribution in [1.82, 2.24) is 0 Å². The molecular formula is C73H64N2. The van der Waals surface area contributed by atoms with Crippen LogP contribution in [0.4, 0.5) is 28.4 Å². The van der Waals surface area contributed by atoms with Crippen LogP contribution in [0.2, 0.25) is 0 Å². The first-order valence-corrected chi connectivity index (χ1v) is 27.0. The molecule has 12 rings (SSSR count). The first-order valence-electron chi connectivity index (χ1n) is 27.0. The Morgan fingerprint density at radius 2 is 1.01 bits per heavy atom. The summed E-state index contributed by atoms with van der Waals surface area (Å²) in [4.78, 5) is 4.93. The first kappa shape index (κ1) is 47.5. The van der Waals surface area contributed by atoms with E-state index in [2.05, 4.69) is 261 Å². The van der Waals surface area contributed by atoms with Crippen LogP contribution in [0.3, 0.4) is 0 Å². The number of anilines is 5. The molecule has 0 fully saturated rings. The van der Waals surface area contributed by atoms with Crippen molar-refractivity contribution in [2.24, 2.45) is 0 Å². The summed E-state index contributed by atoms with van der Waals surface area (Å²) in [6.45, 7) is 12.6. The van der Waals surface area contributed by atoms with Gasteiger partial charge in [-0.25, -0.2) is 0 Å². The van der Waals surface area contributed by atoms with E-state index >= 15 is 0 Å². The van der Waals surface area contributed by atoms with Crippen molar-refractivity contribution in [3.63, 3.8) is 0 Å². The predicted octanol–water partition coefficient (Wildman–Crippen LogP) is 19.4. The van der Waals surface area contributed by atoms with Crippen LogP contribution in [0.5, 0.6) is 0 Å². The van der Waals surface area contributed by atoms with Crippen LogP contribution < -0.4 is 9.80 Å². The molecule has 0 radical (unpaired) electrons. The summed E-state index contributed by atoms with van der Waals surface area (Å²) in [6, 6.07) is 79.3. The fourth-order valence-electron chi connectivity index (χ4n) is 12.1. The Kier molecular flexibility index (Phi) is 13.0. The average Bonchev–Trinajstić information content (AvgIpc) is 3.99. The summed E-state index contributed by atoms with van der Waals surface area (Å²) in [5.41, 5.74) is 26.9. The number of hydrogen-bond acceptors (Lipinski definition) is 2. The molecule has 1 aliphatic heterocycles. The zero-order chi connectivity index (χ0) is 50.9. The first-order chi connectivity index (χ1) is 36.8. The van der Waals surface area contributed by atoms with Gasteiger partial charge in [0.2, 0.25) is 0 Å². The van der Waals surface area contributed by atoms with Crippen LogP contribution in [0.1, 0.15) is 94.7 Å². The van der Waals surface area contributed by atoms with Gasteiger partial charge in [0.25, 0.3) is 0 Å². The highest BCUT2D eigenvalue weighted by Crippen LogP contribution is 2.54. The van der Waals surface area contributed by atoms with Gasteiger partial charge in [-0.1, -0.05) is 203 Å². The number of aryl methyl sites for hydroxylation is 4. The van der Waals surface area contributed by atoms with Crippen molar-refractivity contribution in [2.45, 2.75) is 70.1 Å². The summed E-state index contributed by atoms with van der Waals surface area (Å²) < 4.78 is 0. The Bertz CT molecular complexity index is 3590. The van der Waals surface area contributed by atoms with Gasteiger partial charge in [-0.2, -0.15) is 0 Å². The van der Waals surface area contributed by atoms with Crippen molar-refractivity contribution >= 4 is 46.2 Å². The van der Waals surface area contributed by atoms with E-state index in [9.17, 15) is 0 Å². The lowest BCUT2D eigenvalue weighted by atomic mass is 9.82. The Morgan fingerprint density at radius 1 is 0.480 bits per heavy atom. The van der Waals surface area contributed by atoms with Gasteiger partial charge < -0.3 is 9.80 Å². The maximum absolute atomic E-state index is 3.91. The number of benzene rings is 9. The molecule has 0 saturated heterocycles. The van der Waals surface area contributed by atoms with Gasteiger partial charge in [0.1, 0.15) is 0 Å². The molecule has 75 heavy (non-hydrogen) atoms. The molecule has 9 aromatic carbocycles. The number of fused-ring (bicyclic) bond motifs is 6. The summed E-state index contributed by atoms with van der Waals surface area (Å²) in [5.74, 6) is 0.281. The molecule has 2 nitrogen and oxygen atoms in total. The van der Waals surface area contributed by atoms with E-state index in [0.717, 1.165) is 62.0 Å². The van der Waals surface area contributed by atoms with Gasteiger partial charge in [-0.3, -0.25) is 0 Å². The highest BCUT2D eigenvalue weighted by atomic mass is 15.2. The molecule has 2 aliphatic carbocycles. The van der Waals surface area contributed by atoms with E-state index in [1.165, 1.54) is 101 Å². The zero-order valence-corrected chi connectivity index (χ0v) is 43.4. The molecule has 1 unspecified atom stereocenters. The lowest BCUT2D eigenvalue weighted by Gasteiger charge is -2.29. The second kappa shape index (κ2) is 20.5. The Labute approximate surface area is 445 Å². The summed E-state index contributed by atoms with van der Waals surface area (Å²) in [5, 5.41) is 0. The van der Waals surface area contributed by atoms with E-state index in [-0.39, 0.29) is 11.3 Å². The molecular weight excluding hydrogens is 905 g/mol. The number of nitrogens with zero attached hydrogens (tertiary/aromatic N) is 2. The molecule has 0 bridgehead atoms. The fourth-order valence-corrected chi connectivity index (χ4v) is 12.1. The lowest BCUT2D eigenvalue weighted by Crippen LogP contribution is -2.16. The number of allylic oxidation sites excluding steroid dienone is 4. The molecule has 0 N–H and O–H groups in total. The van der Waals surface area contributed by atoms with Crippen LogP contribution >= 0.6 is 0 Å². The molecule has 0 amide bonds. The quantitative estimate of drug-likeness (QED) is 0.0952. The Hall–Kier alpha value is -8.46. The van der Waals surface area contributed by atoms with Crippen LogP contribution in [-0.2, 0) is 31.1 Å². The van der Waals surface area contributed by atoms with E-state index < -0.39 is 0 Å². The molecule has 0 saturated carbocycles. The topological polar surface area (TPSA) is 6.48 Å². The largest absolute Gasteiger partial charge is 0.313 e. The fraction of sp³-hybridized carbons (Fsp3) is 0.151. The second-order valence-corrected chi connectivity index (χ2v) is 21.2. The lowest BCUT2D eigenvalue weighted by molar-refractivity contribution is 0.660. The van der Waals surface area contributed by atoms with Crippen LogP contribution in [-0.4, -0.2) is 0 Å². The molecule has 366 valence electrons. The molecule has 2 heteroatoms. The minimum Gasteiger partial charge on any atom is -0.313 e. The van der Waals surface area contributed by atoms with Gasteiger partial charge >= 0.3 is 0 Å². The second-order valence-electron chi connectivity index (χ2n) is 21.2. The molecule has 9 aromatic rings. The van der Waals surface area contributed by atoms with Crippen molar-refractivity contribution < 1.29 is 0 Å². The van der Waals surface area contributed by atoms with Gasteiger partial charge in [-0.15, -0.1) is 0 Å². The third-order valence-corrected chi connectivity index (χ3v) is 16.2. The Balaban J connectivity index is 0.812. The third-order valence-electron chi connectivity index (χ3n) is 16.2. The van der Waals surface area contributed by atoms with Crippen molar-refractivity contribution in [3.05, 3.63) is 299 Å². The summed E-state index contributed by atoms with van der Waals surface area (Å²) in [6.07, 6.45) is 16.0. The maximum atomic E-state index is 3.91. The van der Waals surface area contributed by atoms with Gasteiger partial charge in [0, 0.05) is 45.5 Å².